The number of hydrogen-bond donors (Lipinski definition) is 1. The van der Waals surface area contributed by atoms with Gasteiger partial charge in [0.25, 0.3) is 0 Å². The van der Waals surface area contributed by atoms with E-state index in [0.29, 0.717) is 5.39 Å². The Bertz CT molecular complexity index is 650. The van der Waals surface area contributed by atoms with Gasteiger partial charge in [0, 0.05) is 5.39 Å². The molecule has 1 aromatic heterocycles. The molecule has 3 nitrogen and oxygen atoms in total. The molecular formula is C13H10F3NO2. The van der Waals surface area contributed by atoms with Crippen molar-refractivity contribution in [1.29, 1.82) is 0 Å². The van der Waals surface area contributed by atoms with Gasteiger partial charge < -0.3 is 5.11 Å². The second-order valence-corrected chi connectivity index (χ2v) is 4.03. The third kappa shape index (κ3) is 2.38. The molecule has 6 heteroatoms. The van der Waals surface area contributed by atoms with E-state index in [-0.39, 0.29) is 23.1 Å². The first-order valence-electron chi connectivity index (χ1n) is 5.57. The zero-order chi connectivity index (χ0) is 14.2. The first kappa shape index (κ1) is 13.3. The molecule has 0 aliphatic rings. The molecule has 0 aliphatic carbocycles. The summed E-state index contributed by atoms with van der Waals surface area (Å²) in [6.07, 6.45) is -4.42. The number of hydrogen-bond acceptors (Lipinski definition) is 2. The van der Waals surface area contributed by atoms with Crippen LogP contribution in [0.4, 0.5) is 13.2 Å². The lowest BCUT2D eigenvalue weighted by Gasteiger charge is -2.13. The minimum atomic E-state index is -4.59. The first-order valence-corrected chi connectivity index (χ1v) is 5.57. The van der Waals surface area contributed by atoms with Crippen LogP contribution in [0.2, 0.25) is 0 Å². The summed E-state index contributed by atoms with van der Waals surface area (Å²) in [4.78, 5) is 14.5. The van der Waals surface area contributed by atoms with E-state index >= 15 is 0 Å². The van der Waals surface area contributed by atoms with E-state index in [1.54, 1.807) is 13.0 Å². The van der Waals surface area contributed by atoms with E-state index in [1.165, 1.54) is 18.2 Å². The second-order valence-electron chi connectivity index (χ2n) is 4.03. The fourth-order valence-electron chi connectivity index (χ4n) is 1.93. The summed E-state index contributed by atoms with van der Waals surface area (Å²) in [6, 6.07) is 5.62. The van der Waals surface area contributed by atoms with Crippen molar-refractivity contribution in [1.82, 2.24) is 4.98 Å². The lowest BCUT2D eigenvalue weighted by atomic mass is 10.0. The number of alkyl halides is 3. The molecular weight excluding hydrogens is 259 g/mol. The number of aryl methyl sites for hydroxylation is 1. The summed E-state index contributed by atoms with van der Waals surface area (Å²) in [7, 11) is 0. The number of nitrogens with zero attached hydrogens (tertiary/aromatic N) is 1. The molecule has 0 amide bonds. The quantitative estimate of drug-likeness (QED) is 0.907. The van der Waals surface area contributed by atoms with Crippen LogP contribution in [0.5, 0.6) is 0 Å². The van der Waals surface area contributed by atoms with Gasteiger partial charge in [-0.2, -0.15) is 13.2 Å². The zero-order valence-corrected chi connectivity index (χ0v) is 9.95. The van der Waals surface area contributed by atoms with Crippen molar-refractivity contribution in [3.63, 3.8) is 0 Å². The van der Waals surface area contributed by atoms with Gasteiger partial charge in [0.15, 0.2) is 0 Å². The molecule has 0 saturated heterocycles. The molecule has 0 spiro atoms. The van der Waals surface area contributed by atoms with Crippen LogP contribution in [0.3, 0.4) is 0 Å². The minimum absolute atomic E-state index is 0.0579. The van der Waals surface area contributed by atoms with Crippen LogP contribution in [0.1, 0.15) is 28.5 Å². The van der Waals surface area contributed by atoms with Gasteiger partial charge >= 0.3 is 12.1 Å². The van der Waals surface area contributed by atoms with Gasteiger partial charge in [-0.25, -0.2) is 9.78 Å². The van der Waals surface area contributed by atoms with Gasteiger partial charge in [-0.15, -0.1) is 0 Å². The van der Waals surface area contributed by atoms with Gasteiger partial charge in [0.05, 0.1) is 11.1 Å². The fraction of sp³-hybridized carbons (Fsp3) is 0.231. The molecule has 1 aromatic carbocycles. The van der Waals surface area contributed by atoms with Crippen molar-refractivity contribution in [2.45, 2.75) is 19.5 Å². The van der Waals surface area contributed by atoms with Crippen LogP contribution in [-0.4, -0.2) is 16.1 Å². The van der Waals surface area contributed by atoms with Crippen LogP contribution in [-0.2, 0) is 12.6 Å². The summed E-state index contributed by atoms with van der Waals surface area (Å²) in [5, 5.41) is 9.38. The summed E-state index contributed by atoms with van der Waals surface area (Å²) < 4.78 is 38.7. The van der Waals surface area contributed by atoms with Gasteiger partial charge in [-0.05, 0) is 24.1 Å². The average Bonchev–Trinajstić information content (AvgIpc) is 2.35. The Morgan fingerprint density at radius 2 is 2.05 bits per heavy atom. The lowest BCUT2D eigenvalue weighted by Crippen LogP contribution is -2.13. The summed E-state index contributed by atoms with van der Waals surface area (Å²) in [6.45, 7) is 1.60. The van der Waals surface area contributed by atoms with Gasteiger partial charge in [0.1, 0.15) is 5.69 Å². The van der Waals surface area contributed by atoms with Crippen LogP contribution >= 0.6 is 0 Å². The number of fused-ring (bicyclic) bond motifs is 1. The molecule has 0 unspecified atom stereocenters. The molecule has 0 saturated carbocycles. The van der Waals surface area contributed by atoms with Crippen LogP contribution in [0, 0.1) is 0 Å². The molecule has 0 bridgehead atoms. The molecule has 0 atom stereocenters. The Balaban J connectivity index is 2.83. The smallest absolute Gasteiger partial charge is 0.433 e. The lowest BCUT2D eigenvalue weighted by molar-refractivity contribution is -0.141. The maximum Gasteiger partial charge on any atom is 0.433 e. The third-order valence-corrected chi connectivity index (χ3v) is 2.80. The molecule has 100 valence electrons. The molecule has 2 aromatic rings. The van der Waals surface area contributed by atoms with E-state index in [9.17, 15) is 18.0 Å². The molecule has 19 heavy (non-hydrogen) atoms. The standard InChI is InChI=1S/C13H10F3NO2/c1-2-7-6-8-4-3-5-9(12(18)19)10(8)17-11(7)13(14,15)16/h3-6H,2H2,1H3,(H,18,19). The average molecular weight is 269 g/mol. The van der Waals surface area contributed by atoms with Gasteiger partial charge in [-0.3, -0.25) is 0 Å². The predicted molar refractivity (Wildman–Crippen MR) is 63.1 cm³/mol. The van der Waals surface area contributed by atoms with Crippen molar-refractivity contribution in [2.24, 2.45) is 0 Å². The van der Waals surface area contributed by atoms with Crippen molar-refractivity contribution >= 4 is 16.9 Å². The number of pyridine rings is 1. The molecule has 0 fully saturated rings. The number of carboxylic acids is 1. The summed E-state index contributed by atoms with van der Waals surface area (Å²) in [5.74, 6) is -1.30. The fourth-order valence-corrected chi connectivity index (χ4v) is 1.93. The van der Waals surface area contributed by atoms with Gasteiger partial charge in [-0.1, -0.05) is 19.1 Å². The van der Waals surface area contributed by atoms with Crippen molar-refractivity contribution in [3.8, 4) is 0 Å². The Hall–Kier alpha value is -2.11. The first-order chi connectivity index (χ1) is 8.84. The van der Waals surface area contributed by atoms with E-state index in [2.05, 4.69) is 4.98 Å². The largest absolute Gasteiger partial charge is 0.478 e. The van der Waals surface area contributed by atoms with Gasteiger partial charge in [0.2, 0.25) is 0 Å². The Kier molecular flexibility index (Phi) is 3.18. The maximum atomic E-state index is 12.9. The Labute approximate surface area is 106 Å². The number of aromatic nitrogens is 1. The minimum Gasteiger partial charge on any atom is -0.478 e. The highest BCUT2D eigenvalue weighted by molar-refractivity contribution is 6.01. The highest BCUT2D eigenvalue weighted by Crippen LogP contribution is 2.33. The van der Waals surface area contributed by atoms with Crippen LogP contribution in [0.15, 0.2) is 24.3 Å². The monoisotopic (exact) mass is 269 g/mol. The normalized spacial score (nSPS) is 11.8. The predicted octanol–water partition coefficient (Wildman–Crippen LogP) is 3.51. The number of carboxylic acid groups (broad SMARTS) is 1. The van der Waals surface area contributed by atoms with Crippen molar-refractivity contribution in [2.75, 3.05) is 0 Å². The van der Waals surface area contributed by atoms with Crippen LogP contribution in [0.25, 0.3) is 10.9 Å². The van der Waals surface area contributed by atoms with Crippen LogP contribution < -0.4 is 0 Å². The molecule has 2 rings (SSSR count). The third-order valence-electron chi connectivity index (χ3n) is 2.80. The highest BCUT2D eigenvalue weighted by atomic mass is 19.4. The van der Waals surface area contributed by atoms with E-state index in [0.717, 1.165) is 0 Å². The number of benzene rings is 1. The van der Waals surface area contributed by atoms with E-state index < -0.39 is 17.8 Å². The molecule has 1 heterocycles. The van der Waals surface area contributed by atoms with Crippen molar-refractivity contribution in [3.05, 3.63) is 41.1 Å². The van der Waals surface area contributed by atoms with E-state index in [4.69, 9.17) is 5.11 Å². The Morgan fingerprint density at radius 1 is 1.37 bits per heavy atom. The Morgan fingerprint density at radius 3 is 2.58 bits per heavy atom. The molecule has 1 N–H and O–H groups in total. The number of aromatic carboxylic acids is 1. The second kappa shape index (κ2) is 4.53. The van der Waals surface area contributed by atoms with Crippen molar-refractivity contribution < 1.29 is 23.1 Å². The summed E-state index contributed by atoms with van der Waals surface area (Å²) >= 11 is 0. The zero-order valence-electron chi connectivity index (χ0n) is 9.95. The molecule has 0 radical (unpaired) electrons. The summed E-state index contributed by atoms with van der Waals surface area (Å²) in [5.41, 5.74) is -1.33. The SMILES string of the molecule is CCc1cc2cccc(C(=O)O)c2nc1C(F)(F)F. The number of carbonyl (C=O) groups is 1. The number of para-hydroxylation sites is 1. The highest BCUT2D eigenvalue weighted by Gasteiger charge is 2.35. The number of halogens is 3. The number of rotatable bonds is 2. The topological polar surface area (TPSA) is 50.2 Å². The maximum absolute atomic E-state index is 12.9. The van der Waals surface area contributed by atoms with E-state index in [1.807, 2.05) is 0 Å². The molecule has 0 aliphatic heterocycles.